The number of nitrogens with zero attached hydrogens (tertiary/aromatic N) is 4. The number of aromatic carboxylic acids is 1. The van der Waals surface area contributed by atoms with Crippen LogP contribution in [0.3, 0.4) is 0 Å². The summed E-state index contributed by atoms with van der Waals surface area (Å²) in [6.45, 7) is 5.70. The number of carbonyl (C=O) groups excluding carboxylic acids is 1. The van der Waals surface area contributed by atoms with Gasteiger partial charge in [-0.15, -0.1) is 0 Å². The number of carbonyl (C=O) groups is 2. The van der Waals surface area contributed by atoms with Crippen LogP contribution in [0.1, 0.15) is 113 Å². The van der Waals surface area contributed by atoms with E-state index >= 15 is 0 Å². The fourth-order valence-corrected chi connectivity index (χ4v) is 8.03. The highest BCUT2D eigenvalue weighted by Crippen LogP contribution is 2.41. The summed E-state index contributed by atoms with van der Waals surface area (Å²) in [6.07, 6.45) is 13.6. The third-order valence-corrected chi connectivity index (χ3v) is 11.4. The van der Waals surface area contributed by atoms with Crippen LogP contribution in [0.4, 0.5) is 0 Å². The fraction of sp³-hybridized carbons (Fsp3) is 0.231. The number of rotatable bonds is 10. The topological polar surface area (TPSA) is 99.2 Å². The van der Waals surface area contributed by atoms with Crippen LogP contribution < -0.4 is 0 Å². The summed E-state index contributed by atoms with van der Waals surface area (Å²) >= 11 is 0. The number of ether oxygens (including phenoxy) is 1. The van der Waals surface area contributed by atoms with Crippen molar-refractivity contribution < 1.29 is 19.4 Å². The molecule has 0 aliphatic heterocycles. The molecule has 0 spiro atoms. The number of benzene rings is 4. The van der Waals surface area contributed by atoms with Crippen molar-refractivity contribution in [2.24, 2.45) is 0 Å². The number of carboxylic acid groups (broad SMARTS) is 1. The Labute approximate surface area is 350 Å². The molecule has 4 heterocycles. The zero-order valence-corrected chi connectivity index (χ0v) is 34.2. The molecule has 0 unspecified atom stereocenters. The molecular formula is C52H48N4O4. The summed E-state index contributed by atoms with van der Waals surface area (Å²) < 4.78 is 10.1. The predicted octanol–water partition coefficient (Wildman–Crippen LogP) is 11.6. The lowest BCUT2D eigenvalue weighted by Crippen LogP contribution is -2.25. The van der Waals surface area contributed by atoms with Crippen LogP contribution in [0.2, 0.25) is 0 Å². The fourth-order valence-electron chi connectivity index (χ4n) is 8.03. The molecule has 8 nitrogen and oxygen atoms in total. The van der Waals surface area contributed by atoms with Gasteiger partial charge in [-0.05, 0) is 141 Å². The highest BCUT2D eigenvalue weighted by molar-refractivity contribution is 5.92. The van der Waals surface area contributed by atoms with E-state index in [1.54, 1.807) is 0 Å². The van der Waals surface area contributed by atoms with Crippen molar-refractivity contribution in [2.75, 3.05) is 0 Å². The second kappa shape index (κ2) is 16.1. The van der Waals surface area contributed by atoms with Gasteiger partial charge in [-0.3, -0.25) is 9.97 Å². The third kappa shape index (κ3) is 8.36. The molecule has 4 aromatic heterocycles. The maximum absolute atomic E-state index is 13.1. The first-order chi connectivity index (χ1) is 29.1. The smallest absolute Gasteiger partial charge is 0.340 e. The number of esters is 1. The Morgan fingerprint density at radius 2 is 1.07 bits per heavy atom. The molecule has 0 radical (unpaired) electrons. The highest BCUT2D eigenvalue weighted by atomic mass is 16.6. The second-order valence-corrected chi connectivity index (χ2v) is 17.0. The molecule has 10 rings (SSSR count). The van der Waals surface area contributed by atoms with E-state index in [9.17, 15) is 14.7 Å². The minimum atomic E-state index is -0.904. The van der Waals surface area contributed by atoms with Crippen molar-refractivity contribution in [1.29, 1.82) is 0 Å². The quantitative estimate of drug-likeness (QED) is 0.138. The van der Waals surface area contributed by atoms with Gasteiger partial charge >= 0.3 is 11.9 Å². The summed E-state index contributed by atoms with van der Waals surface area (Å²) in [7, 11) is 0. The van der Waals surface area contributed by atoms with Gasteiger partial charge in [0.2, 0.25) is 0 Å². The van der Waals surface area contributed by atoms with Crippen LogP contribution in [0.5, 0.6) is 0 Å². The van der Waals surface area contributed by atoms with E-state index < -0.39 is 11.6 Å². The summed E-state index contributed by atoms with van der Waals surface area (Å²) in [5.41, 5.74) is 10.7. The number of aromatic nitrogens is 4. The Morgan fingerprint density at radius 1 is 0.617 bits per heavy atom. The average Bonchev–Trinajstić information content (AvgIpc) is 4.19. The van der Waals surface area contributed by atoms with Gasteiger partial charge in [0.1, 0.15) is 5.60 Å². The molecule has 0 bridgehead atoms. The van der Waals surface area contributed by atoms with Crippen molar-refractivity contribution in [3.05, 3.63) is 191 Å². The van der Waals surface area contributed by atoms with E-state index in [1.165, 1.54) is 18.2 Å². The standard InChI is InChI=1S/C28H28N2O2.C24H20N2O2/c1-28(2,3)32-27(31)24-16-21(19-12-13-19)18-29-25(24)17-20-8-7-11-26-23(20)14-15-30(26)22-9-5-4-6-10-22;27-24(28)21-13-18(16-9-10-16)15-25-22(21)14-17-5-4-8-23-20(17)11-12-26(23)19-6-2-1-3-7-19/h4-11,14-16,18-19H,12-13,17H2,1-3H3;1-8,11-13,15-16H,9-10,14H2,(H,27,28). The normalized spacial score (nSPS) is 13.8. The SMILES string of the molecule is CC(C)(C)OC(=O)c1cc(C2CC2)cnc1Cc1cccc2c1ccn2-c1ccccc1.O=C(O)c1cc(C2CC2)cnc1Cc1cccc2c1ccn2-c1ccccc1. The Balaban J connectivity index is 0.000000155. The van der Waals surface area contributed by atoms with Crippen LogP contribution in [-0.2, 0) is 17.6 Å². The van der Waals surface area contributed by atoms with Gasteiger partial charge in [0.05, 0.1) is 33.5 Å². The molecular weight excluding hydrogens is 745 g/mol. The largest absolute Gasteiger partial charge is 0.478 e. The van der Waals surface area contributed by atoms with Gasteiger partial charge in [0, 0.05) is 59.8 Å². The molecule has 2 fully saturated rings. The number of fused-ring (bicyclic) bond motifs is 2. The molecule has 2 aliphatic carbocycles. The van der Waals surface area contributed by atoms with E-state index in [4.69, 9.17) is 9.72 Å². The summed E-state index contributed by atoms with van der Waals surface area (Å²) in [5.74, 6) is -0.181. The molecule has 300 valence electrons. The third-order valence-electron chi connectivity index (χ3n) is 11.4. The van der Waals surface area contributed by atoms with Gasteiger partial charge in [-0.2, -0.15) is 0 Å². The van der Waals surface area contributed by atoms with Gasteiger partial charge in [-0.1, -0.05) is 60.7 Å². The van der Waals surface area contributed by atoms with Crippen molar-refractivity contribution in [2.45, 2.75) is 76.7 Å². The second-order valence-electron chi connectivity index (χ2n) is 17.0. The zero-order valence-electron chi connectivity index (χ0n) is 34.2. The lowest BCUT2D eigenvalue weighted by atomic mass is 10.00. The first kappa shape index (κ1) is 38.7. The van der Waals surface area contributed by atoms with Crippen molar-refractivity contribution >= 4 is 33.7 Å². The predicted molar refractivity (Wildman–Crippen MR) is 237 cm³/mol. The van der Waals surface area contributed by atoms with E-state index in [-0.39, 0.29) is 5.97 Å². The van der Waals surface area contributed by atoms with E-state index in [0.717, 1.165) is 68.6 Å². The maximum Gasteiger partial charge on any atom is 0.340 e. The first-order valence-corrected chi connectivity index (χ1v) is 20.8. The minimum Gasteiger partial charge on any atom is -0.478 e. The number of para-hydroxylation sites is 2. The van der Waals surface area contributed by atoms with Crippen LogP contribution in [0, 0.1) is 0 Å². The molecule has 0 atom stereocenters. The van der Waals surface area contributed by atoms with Crippen molar-refractivity contribution in [1.82, 2.24) is 19.1 Å². The Bertz CT molecular complexity index is 2840. The van der Waals surface area contributed by atoms with Crippen molar-refractivity contribution in [3.63, 3.8) is 0 Å². The Hall–Kier alpha value is -6.80. The van der Waals surface area contributed by atoms with Crippen molar-refractivity contribution in [3.8, 4) is 11.4 Å². The lowest BCUT2D eigenvalue weighted by Gasteiger charge is -2.21. The molecule has 0 saturated heterocycles. The Morgan fingerprint density at radius 3 is 1.50 bits per heavy atom. The molecule has 2 aliphatic rings. The van der Waals surface area contributed by atoms with Crippen LogP contribution in [0.15, 0.2) is 146 Å². The minimum absolute atomic E-state index is 0.295. The summed E-state index contributed by atoms with van der Waals surface area (Å²) in [4.78, 5) is 34.2. The highest BCUT2D eigenvalue weighted by Gasteiger charge is 2.28. The van der Waals surface area contributed by atoms with Gasteiger partial charge in [-0.25, -0.2) is 9.59 Å². The van der Waals surface area contributed by atoms with Crippen LogP contribution >= 0.6 is 0 Å². The van der Waals surface area contributed by atoms with E-state index in [2.05, 4.69) is 93.2 Å². The van der Waals surface area contributed by atoms with E-state index in [1.807, 2.05) is 87.8 Å². The molecule has 8 heteroatoms. The lowest BCUT2D eigenvalue weighted by molar-refractivity contribution is 0.00675. The van der Waals surface area contributed by atoms with Gasteiger partial charge in [0.25, 0.3) is 0 Å². The number of hydrogen-bond acceptors (Lipinski definition) is 5. The molecule has 60 heavy (non-hydrogen) atoms. The van der Waals surface area contributed by atoms with Gasteiger partial charge in [0.15, 0.2) is 0 Å². The number of pyridine rings is 2. The summed E-state index contributed by atoms with van der Waals surface area (Å²) in [6, 6.07) is 41.1. The Kier molecular flexibility index (Phi) is 10.4. The maximum atomic E-state index is 13.1. The molecule has 0 amide bonds. The van der Waals surface area contributed by atoms with Gasteiger partial charge < -0.3 is 19.0 Å². The molecule has 1 N–H and O–H groups in total. The molecule has 8 aromatic rings. The van der Waals surface area contributed by atoms with Crippen LogP contribution in [-0.4, -0.2) is 41.7 Å². The van der Waals surface area contributed by atoms with Crippen LogP contribution in [0.25, 0.3) is 33.2 Å². The first-order valence-electron chi connectivity index (χ1n) is 20.8. The number of hydrogen-bond donors (Lipinski definition) is 1. The number of carboxylic acids is 1. The average molecular weight is 793 g/mol. The molecule has 2 saturated carbocycles. The van der Waals surface area contributed by atoms with E-state index in [0.29, 0.717) is 41.5 Å². The zero-order chi connectivity index (χ0) is 41.4. The summed E-state index contributed by atoms with van der Waals surface area (Å²) in [5, 5.41) is 12.0. The monoisotopic (exact) mass is 792 g/mol. The molecule has 4 aromatic carbocycles.